The van der Waals surface area contributed by atoms with Crippen molar-refractivity contribution >= 4 is 14.4 Å². The minimum atomic E-state index is 1.11. The molecule has 2 rings (SSSR count). The van der Waals surface area contributed by atoms with Gasteiger partial charge in [0.05, 0.1) is 0 Å². The van der Waals surface area contributed by atoms with Gasteiger partial charge in [-0.2, -0.15) is 0 Å². The van der Waals surface area contributed by atoms with E-state index in [2.05, 4.69) is 16.0 Å². The smallest absolute Gasteiger partial charge is 0.129 e. The van der Waals surface area contributed by atoms with Crippen molar-refractivity contribution in [3.8, 4) is 0 Å². The van der Waals surface area contributed by atoms with Crippen LogP contribution in [0.25, 0.3) is 0 Å². The average molecular weight is 152 g/mol. The van der Waals surface area contributed by atoms with Crippen molar-refractivity contribution in [2.75, 3.05) is 17.5 Å². The van der Waals surface area contributed by atoms with Crippen LogP contribution in [0.4, 0.5) is 5.82 Å². The molecule has 0 N–H and O–H groups in total. The second-order valence-corrected chi connectivity index (χ2v) is 3.43. The summed E-state index contributed by atoms with van der Waals surface area (Å²) in [6.45, 7) is 0. The van der Waals surface area contributed by atoms with E-state index in [4.69, 9.17) is 0 Å². The van der Waals surface area contributed by atoms with Crippen LogP contribution in [0.3, 0.4) is 0 Å². The summed E-state index contributed by atoms with van der Waals surface area (Å²) in [4.78, 5) is 6.52. The highest BCUT2D eigenvalue weighted by Crippen LogP contribution is 2.29. The van der Waals surface area contributed by atoms with E-state index >= 15 is 0 Å². The molecule has 52 valence electrons. The molecular weight excluding hydrogens is 143 g/mol. The van der Waals surface area contributed by atoms with Crippen LogP contribution in [0, 0.1) is 0 Å². The van der Waals surface area contributed by atoms with Crippen LogP contribution in [-0.2, 0) is 0 Å². The van der Waals surface area contributed by atoms with Crippen LogP contribution in [0.15, 0.2) is 24.4 Å². The summed E-state index contributed by atoms with van der Waals surface area (Å²) in [5, 5.41) is 0. The van der Waals surface area contributed by atoms with Crippen LogP contribution < -0.4 is 4.90 Å². The van der Waals surface area contributed by atoms with E-state index in [1.54, 1.807) is 0 Å². The summed E-state index contributed by atoms with van der Waals surface area (Å²) in [6.07, 6.45) is 4.25. The van der Waals surface area contributed by atoms with Crippen molar-refractivity contribution < 1.29 is 0 Å². The first-order valence-corrected chi connectivity index (χ1v) is 4.75. The molecule has 0 bridgehead atoms. The summed E-state index contributed by atoms with van der Waals surface area (Å²) < 4.78 is 0. The van der Waals surface area contributed by atoms with Gasteiger partial charge in [-0.05, 0) is 12.1 Å². The normalized spacial score (nSPS) is 16.6. The van der Waals surface area contributed by atoms with Gasteiger partial charge in [-0.1, -0.05) is 14.6 Å². The van der Waals surface area contributed by atoms with E-state index < -0.39 is 0 Å². The van der Waals surface area contributed by atoms with Gasteiger partial charge >= 0.3 is 0 Å². The molecule has 2 heterocycles. The Morgan fingerprint density at radius 1 is 1.40 bits per heavy atom. The third kappa shape index (κ3) is 0.994. The van der Waals surface area contributed by atoms with E-state index in [0.717, 1.165) is 14.4 Å². The zero-order valence-corrected chi connectivity index (χ0v) is 6.62. The van der Waals surface area contributed by atoms with E-state index in [-0.39, 0.29) is 0 Å². The molecule has 0 unspecified atom stereocenters. The predicted molar refractivity (Wildman–Crippen MR) is 44.8 cm³/mol. The van der Waals surface area contributed by atoms with Gasteiger partial charge in [-0.3, -0.25) is 0 Å². The highest BCUT2D eigenvalue weighted by molar-refractivity contribution is 7.40. The summed E-state index contributed by atoms with van der Waals surface area (Å²) in [7, 11) is 1.11. The van der Waals surface area contributed by atoms with Crippen LogP contribution in [0.2, 0.25) is 0 Å². The number of hydrogen-bond donors (Lipinski definition) is 0. The fourth-order valence-corrected chi connectivity index (χ4v) is 1.70. The molecule has 3 heteroatoms. The maximum atomic E-state index is 4.23. The van der Waals surface area contributed by atoms with Gasteiger partial charge < -0.3 is 4.90 Å². The molecule has 0 radical (unpaired) electrons. The van der Waals surface area contributed by atoms with Gasteiger partial charge in [0.15, 0.2) is 0 Å². The Morgan fingerprint density at radius 3 is 2.80 bits per heavy atom. The minimum Gasteiger partial charge on any atom is -0.349 e. The first-order chi connectivity index (χ1) is 4.97. The van der Waals surface area contributed by atoms with Crippen molar-refractivity contribution in [2.45, 2.75) is 0 Å². The van der Waals surface area contributed by atoms with Crippen molar-refractivity contribution in [1.82, 2.24) is 4.98 Å². The maximum Gasteiger partial charge on any atom is 0.129 e. The predicted octanol–water partition coefficient (Wildman–Crippen LogP) is 1.50. The highest BCUT2D eigenvalue weighted by Gasteiger charge is 2.13. The SMILES string of the molecule is c1ccc(N2CPC2)nc1. The van der Waals surface area contributed by atoms with Gasteiger partial charge in [-0.15, -0.1) is 0 Å². The standard InChI is InChI=1S/C7H9N2P/c1-2-4-8-7(3-1)9-5-10-6-9/h1-4,10H,5-6H2. The molecule has 1 saturated heterocycles. The summed E-state index contributed by atoms with van der Waals surface area (Å²) in [5.41, 5.74) is 0. The molecule has 1 aliphatic heterocycles. The number of anilines is 1. The number of pyridine rings is 1. The summed E-state index contributed by atoms with van der Waals surface area (Å²) >= 11 is 0. The molecule has 1 aromatic heterocycles. The Kier molecular flexibility index (Phi) is 1.56. The van der Waals surface area contributed by atoms with Crippen molar-refractivity contribution in [3.63, 3.8) is 0 Å². The summed E-state index contributed by atoms with van der Waals surface area (Å²) in [6, 6.07) is 6.04. The third-order valence-corrected chi connectivity index (χ3v) is 2.79. The molecule has 1 aromatic rings. The topological polar surface area (TPSA) is 16.1 Å². The fourth-order valence-electron chi connectivity index (χ4n) is 0.926. The lowest BCUT2D eigenvalue weighted by Crippen LogP contribution is -2.30. The quantitative estimate of drug-likeness (QED) is 0.567. The zero-order chi connectivity index (χ0) is 6.81. The lowest BCUT2D eigenvalue weighted by molar-refractivity contribution is 0.959. The van der Waals surface area contributed by atoms with Gasteiger partial charge in [-0.25, -0.2) is 4.98 Å². The van der Waals surface area contributed by atoms with E-state index in [0.29, 0.717) is 0 Å². The molecule has 0 saturated carbocycles. The third-order valence-electron chi connectivity index (χ3n) is 1.58. The molecule has 0 spiro atoms. The Hall–Kier alpha value is -0.620. The molecule has 2 nitrogen and oxygen atoms in total. The molecule has 0 amide bonds. The second-order valence-electron chi connectivity index (χ2n) is 2.29. The Morgan fingerprint density at radius 2 is 2.30 bits per heavy atom. The molecule has 0 aliphatic carbocycles. The van der Waals surface area contributed by atoms with Gasteiger partial charge in [0, 0.05) is 18.8 Å². The number of nitrogens with zero attached hydrogens (tertiary/aromatic N) is 2. The molecule has 10 heavy (non-hydrogen) atoms. The van der Waals surface area contributed by atoms with Crippen LogP contribution >= 0.6 is 8.58 Å². The van der Waals surface area contributed by atoms with Crippen LogP contribution in [0.5, 0.6) is 0 Å². The van der Waals surface area contributed by atoms with E-state index in [9.17, 15) is 0 Å². The monoisotopic (exact) mass is 152 g/mol. The Bertz CT molecular complexity index is 208. The molecule has 0 atom stereocenters. The minimum absolute atomic E-state index is 1.11. The van der Waals surface area contributed by atoms with Crippen LogP contribution in [-0.4, -0.2) is 17.6 Å². The lowest BCUT2D eigenvalue weighted by Gasteiger charge is -2.31. The van der Waals surface area contributed by atoms with Crippen molar-refractivity contribution in [1.29, 1.82) is 0 Å². The van der Waals surface area contributed by atoms with Gasteiger partial charge in [0.1, 0.15) is 5.82 Å². The zero-order valence-electron chi connectivity index (χ0n) is 5.62. The molecule has 0 aromatic carbocycles. The summed E-state index contributed by atoms with van der Waals surface area (Å²) in [5.74, 6) is 1.13. The highest BCUT2D eigenvalue weighted by atomic mass is 31.1. The van der Waals surface area contributed by atoms with Gasteiger partial charge in [0.25, 0.3) is 0 Å². The average Bonchev–Trinajstić information content (AvgIpc) is 1.86. The fraction of sp³-hybridized carbons (Fsp3) is 0.286. The number of aromatic nitrogens is 1. The van der Waals surface area contributed by atoms with E-state index in [1.165, 1.54) is 12.6 Å². The largest absolute Gasteiger partial charge is 0.349 e. The van der Waals surface area contributed by atoms with Crippen molar-refractivity contribution in [3.05, 3.63) is 24.4 Å². The first kappa shape index (κ1) is 6.11. The number of hydrogen-bond acceptors (Lipinski definition) is 2. The molecular formula is C7H9N2P. The maximum absolute atomic E-state index is 4.23. The second kappa shape index (κ2) is 2.55. The number of rotatable bonds is 1. The first-order valence-electron chi connectivity index (χ1n) is 3.33. The molecule has 1 fully saturated rings. The molecule has 1 aliphatic rings. The van der Waals surface area contributed by atoms with Gasteiger partial charge in [0.2, 0.25) is 0 Å². The van der Waals surface area contributed by atoms with Crippen LogP contribution in [0.1, 0.15) is 0 Å². The van der Waals surface area contributed by atoms with E-state index in [1.807, 2.05) is 18.3 Å². The Labute approximate surface area is 62.0 Å². The van der Waals surface area contributed by atoms with Crippen molar-refractivity contribution in [2.24, 2.45) is 0 Å². The Balaban J connectivity index is 2.18. The lowest BCUT2D eigenvalue weighted by atomic mass is 10.4.